The van der Waals surface area contributed by atoms with Crippen LogP contribution >= 0.6 is 0 Å². The van der Waals surface area contributed by atoms with Gasteiger partial charge >= 0.3 is 0 Å². The molecule has 3 nitrogen and oxygen atoms in total. The van der Waals surface area contributed by atoms with Crippen molar-refractivity contribution in [1.29, 1.82) is 0 Å². The van der Waals surface area contributed by atoms with Gasteiger partial charge in [-0.05, 0) is 18.7 Å². The summed E-state index contributed by atoms with van der Waals surface area (Å²) in [7, 11) is 0. The van der Waals surface area contributed by atoms with Crippen LogP contribution in [-0.4, -0.2) is 35.9 Å². The quantitative estimate of drug-likeness (QED) is 0.716. The van der Waals surface area contributed by atoms with E-state index in [-0.39, 0.29) is 0 Å². The average Bonchev–Trinajstić information content (AvgIpc) is 2.34. The Morgan fingerprint density at radius 1 is 1.19 bits per heavy atom. The molecule has 0 aliphatic heterocycles. The fourth-order valence-electron chi connectivity index (χ4n) is 1.52. The highest BCUT2D eigenvalue weighted by atomic mass is 16.6. The first-order valence-corrected chi connectivity index (χ1v) is 5.82. The zero-order valence-electron chi connectivity index (χ0n) is 10.1. The normalized spacial score (nSPS) is 13.0. The van der Waals surface area contributed by atoms with Crippen LogP contribution < -0.4 is 0 Å². The van der Waals surface area contributed by atoms with E-state index in [4.69, 9.17) is 4.74 Å². The summed E-state index contributed by atoms with van der Waals surface area (Å²) >= 11 is 0. The summed E-state index contributed by atoms with van der Waals surface area (Å²) in [6, 6.07) is 9.88. The smallest absolute Gasteiger partial charge is 0.167 e. The van der Waals surface area contributed by atoms with Crippen molar-refractivity contribution in [2.45, 2.75) is 26.7 Å². The number of ether oxygens (including phenoxy) is 1. The first-order valence-electron chi connectivity index (χ1n) is 5.82. The summed E-state index contributed by atoms with van der Waals surface area (Å²) in [6.07, 6.45) is -0.708. The van der Waals surface area contributed by atoms with Crippen LogP contribution in [0.2, 0.25) is 0 Å². The Kier molecular flexibility index (Phi) is 6.08. The standard InChI is InChI=1S/C13H21NO2/c1-3-14(4-2)10-13(15)16-11-12-8-6-5-7-9-12/h5-9,13,15H,3-4,10-11H2,1-2H3. The molecule has 1 N–H and O–H groups in total. The number of aliphatic hydroxyl groups excluding tert-OH is 1. The van der Waals surface area contributed by atoms with E-state index in [0.717, 1.165) is 18.7 Å². The van der Waals surface area contributed by atoms with Gasteiger partial charge in [-0.1, -0.05) is 44.2 Å². The van der Waals surface area contributed by atoms with Crippen molar-refractivity contribution < 1.29 is 9.84 Å². The molecular formula is C13H21NO2. The maximum absolute atomic E-state index is 9.68. The number of hydrogen-bond acceptors (Lipinski definition) is 3. The topological polar surface area (TPSA) is 32.7 Å². The molecule has 0 fully saturated rings. The molecule has 1 atom stereocenters. The Hall–Kier alpha value is -0.900. The van der Waals surface area contributed by atoms with E-state index in [1.807, 2.05) is 30.3 Å². The van der Waals surface area contributed by atoms with Gasteiger partial charge in [0.2, 0.25) is 0 Å². The minimum absolute atomic E-state index is 0.462. The number of hydrogen-bond donors (Lipinski definition) is 1. The van der Waals surface area contributed by atoms with Gasteiger partial charge in [0, 0.05) is 6.54 Å². The highest BCUT2D eigenvalue weighted by Gasteiger charge is 2.08. The van der Waals surface area contributed by atoms with E-state index in [1.54, 1.807) is 0 Å². The van der Waals surface area contributed by atoms with E-state index >= 15 is 0 Å². The molecule has 0 aromatic heterocycles. The second kappa shape index (κ2) is 7.39. The highest BCUT2D eigenvalue weighted by Crippen LogP contribution is 2.03. The monoisotopic (exact) mass is 223 g/mol. The van der Waals surface area contributed by atoms with E-state index in [2.05, 4.69) is 18.7 Å². The van der Waals surface area contributed by atoms with E-state index in [9.17, 15) is 5.11 Å². The molecule has 0 saturated carbocycles. The van der Waals surface area contributed by atoms with Crippen LogP contribution in [-0.2, 0) is 11.3 Å². The van der Waals surface area contributed by atoms with Gasteiger partial charge < -0.3 is 9.84 Å². The minimum Gasteiger partial charge on any atom is -0.367 e. The molecule has 0 spiro atoms. The third-order valence-corrected chi connectivity index (χ3v) is 2.59. The maximum Gasteiger partial charge on any atom is 0.167 e. The van der Waals surface area contributed by atoms with Gasteiger partial charge in [-0.2, -0.15) is 0 Å². The molecule has 16 heavy (non-hydrogen) atoms. The molecule has 1 aromatic carbocycles. The lowest BCUT2D eigenvalue weighted by molar-refractivity contribution is -0.120. The summed E-state index contributed by atoms with van der Waals surface area (Å²) in [6.45, 7) is 7.05. The van der Waals surface area contributed by atoms with E-state index in [0.29, 0.717) is 13.2 Å². The van der Waals surface area contributed by atoms with Crippen molar-refractivity contribution in [2.75, 3.05) is 19.6 Å². The van der Waals surface area contributed by atoms with Crippen LogP contribution in [0.15, 0.2) is 30.3 Å². The number of benzene rings is 1. The minimum atomic E-state index is -0.708. The Labute approximate surface area is 97.7 Å². The average molecular weight is 223 g/mol. The fraction of sp³-hybridized carbons (Fsp3) is 0.538. The van der Waals surface area contributed by atoms with Gasteiger partial charge in [0.15, 0.2) is 6.29 Å². The molecule has 1 rings (SSSR count). The van der Waals surface area contributed by atoms with Crippen LogP contribution in [0.25, 0.3) is 0 Å². The fourth-order valence-corrected chi connectivity index (χ4v) is 1.52. The summed E-state index contributed by atoms with van der Waals surface area (Å²) in [5, 5.41) is 9.68. The van der Waals surface area contributed by atoms with Crippen LogP contribution in [0.5, 0.6) is 0 Å². The molecular weight excluding hydrogens is 202 g/mol. The lowest BCUT2D eigenvalue weighted by Crippen LogP contribution is -2.33. The van der Waals surface area contributed by atoms with Crippen molar-refractivity contribution >= 4 is 0 Å². The van der Waals surface area contributed by atoms with Gasteiger partial charge in [0.1, 0.15) is 0 Å². The maximum atomic E-state index is 9.68. The molecule has 3 heteroatoms. The molecule has 0 aliphatic carbocycles. The molecule has 0 heterocycles. The van der Waals surface area contributed by atoms with Crippen molar-refractivity contribution in [3.8, 4) is 0 Å². The molecule has 0 amide bonds. The molecule has 0 aliphatic rings. The van der Waals surface area contributed by atoms with Gasteiger partial charge in [0.05, 0.1) is 6.61 Å². The Morgan fingerprint density at radius 2 is 1.81 bits per heavy atom. The second-order valence-electron chi connectivity index (χ2n) is 3.74. The Bertz CT molecular complexity index is 273. The van der Waals surface area contributed by atoms with Crippen molar-refractivity contribution in [1.82, 2.24) is 4.90 Å². The number of likely N-dealkylation sites (N-methyl/N-ethyl adjacent to an activating group) is 1. The Morgan fingerprint density at radius 3 is 2.38 bits per heavy atom. The van der Waals surface area contributed by atoms with Gasteiger partial charge in [-0.25, -0.2) is 0 Å². The van der Waals surface area contributed by atoms with Gasteiger partial charge in [0.25, 0.3) is 0 Å². The van der Waals surface area contributed by atoms with Crippen LogP contribution in [0.1, 0.15) is 19.4 Å². The first kappa shape index (κ1) is 13.2. The summed E-state index contributed by atoms with van der Waals surface area (Å²) in [4.78, 5) is 2.13. The van der Waals surface area contributed by atoms with Crippen LogP contribution in [0.3, 0.4) is 0 Å². The van der Waals surface area contributed by atoms with Crippen LogP contribution in [0.4, 0.5) is 0 Å². The van der Waals surface area contributed by atoms with E-state index in [1.165, 1.54) is 0 Å². The molecule has 0 saturated heterocycles. The second-order valence-corrected chi connectivity index (χ2v) is 3.74. The van der Waals surface area contributed by atoms with Crippen molar-refractivity contribution in [3.05, 3.63) is 35.9 Å². The van der Waals surface area contributed by atoms with Gasteiger partial charge in [-0.3, -0.25) is 4.90 Å². The number of rotatable bonds is 7. The molecule has 1 unspecified atom stereocenters. The lowest BCUT2D eigenvalue weighted by Gasteiger charge is -2.21. The lowest BCUT2D eigenvalue weighted by atomic mass is 10.2. The summed E-state index contributed by atoms with van der Waals surface area (Å²) in [5.41, 5.74) is 1.08. The summed E-state index contributed by atoms with van der Waals surface area (Å²) < 4.78 is 5.38. The zero-order chi connectivity index (χ0) is 11.8. The first-order chi connectivity index (χ1) is 7.76. The number of nitrogens with zero attached hydrogens (tertiary/aromatic N) is 1. The van der Waals surface area contributed by atoms with Crippen molar-refractivity contribution in [3.63, 3.8) is 0 Å². The van der Waals surface area contributed by atoms with Crippen molar-refractivity contribution in [2.24, 2.45) is 0 Å². The summed E-state index contributed by atoms with van der Waals surface area (Å²) in [5.74, 6) is 0. The van der Waals surface area contributed by atoms with Crippen LogP contribution in [0, 0.1) is 0 Å². The molecule has 1 aromatic rings. The highest BCUT2D eigenvalue weighted by molar-refractivity contribution is 5.13. The Balaban J connectivity index is 2.27. The predicted molar refractivity (Wildman–Crippen MR) is 65.0 cm³/mol. The molecule has 90 valence electrons. The third-order valence-electron chi connectivity index (χ3n) is 2.59. The third kappa shape index (κ3) is 4.75. The molecule has 0 radical (unpaired) electrons. The largest absolute Gasteiger partial charge is 0.367 e. The predicted octanol–water partition coefficient (Wildman–Crippen LogP) is 1.86. The SMILES string of the molecule is CCN(CC)CC(O)OCc1ccccc1. The van der Waals surface area contributed by atoms with Gasteiger partial charge in [-0.15, -0.1) is 0 Å². The molecule has 0 bridgehead atoms. The zero-order valence-corrected chi connectivity index (χ0v) is 10.1. The van der Waals surface area contributed by atoms with E-state index < -0.39 is 6.29 Å². The number of aliphatic hydroxyl groups is 1.